The Morgan fingerprint density at radius 3 is 2.72 bits per heavy atom. The molecule has 1 fully saturated rings. The number of hydrogen-bond acceptors (Lipinski definition) is 2. The molecule has 2 rings (SSSR count). The number of nitrogens with one attached hydrogen (secondary N) is 1. The highest BCUT2D eigenvalue weighted by atomic mass is 79.9. The van der Waals surface area contributed by atoms with Gasteiger partial charge in [-0.3, -0.25) is 4.68 Å². The summed E-state index contributed by atoms with van der Waals surface area (Å²) < 4.78 is 3.32. The van der Waals surface area contributed by atoms with Gasteiger partial charge in [0, 0.05) is 6.54 Å². The van der Waals surface area contributed by atoms with E-state index in [4.69, 9.17) is 0 Å². The standard InChI is InChI=1S/C14H24BrN3/c1-4-8-16-13(14(3)6-7-14)12-11(15)10-17-18(12)9-5-2/h10,13,16H,4-9H2,1-3H3. The smallest absolute Gasteiger partial charge is 0.0701 e. The molecule has 1 atom stereocenters. The number of rotatable bonds is 7. The summed E-state index contributed by atoms with van der Waals surface area (Å²) >= 11 is 3.68. The molecule has 0 bridgehead atoms. The predicted octanol–water partition coefficient (Wildman–Crippen LogP) is 3.90. The Hall–Kier alpha value is -0.350. The first-order chi connectivity index (χ1) is 8.62. The number of aryl methyl sites for hydroxylation is 1. The first-order valence-corrected chi connectivity index (χ1v) is 7.86. The van der Waals surface area contributed by atoms with E-state index in [9.17, 15) is 0 Å². The van der Waals surface area contributed by atoms with Crippen molar-refractivity contribution in [1.82, 2.24) is 15.1 Å². The van der Waals surface area contributed by atoms with Crippen LogP contribution in [0.25, 0.3) is 0 Å². The molecule has 0 amide bonds. The average molecular weight is 314 g/mol. The highest BCUT2D eigenvalue weighted by Gasteiger charge is 2.47. The lowest BCUT2D eigenvalue weighted by molar-refractivity contribution is 0.340. The van der Waals surface area contributed by atoms with Gasteiger partial charge < -0.3 is 5.32 Å². The van der Waals surface area contributed by atoms with Crippen molar-refractivity contribution < 1.29 is 0 Å². The minimum absolute atomic E-state index is 0.420. The van der Waals surface area contributed by atoms with Crippen LogP contribution in [0.1, 0.15) is 58.2 Å². The molecule has 1 aromatic heterocycles. The molecule has 1 unspecified atom stereocenters. The molecule has 1 aliphatic carbocycles. The van der Waals surface area contributed by atoms with E-state index in [1.807, 2.05) is 6.20 Å². The van der Waals surface area contributed by atoms with E-state index in [0.717, 1.165) is 24.0 Å². The molecule has 0 radical (unpaired) electrons. The lowest BCUT2D eigenvalue weighted by atomic mass is 9.95. The van der Waals surface area contributed by atoms with E-state index in [1.54, 1.807) is 0 Å². The molecule has 1 saturated carbocycles. The molecule has 0 spiro atoms. The Balaban J connectivity index is 2.26. The van der Waals surface area contributed by atoms with Crippen molar-refractivity contribution in [3.63, 3.8) is 0 Å². The number of hydrogen-bond donors (Lipinski definition) is 1. The third kappa shape index (κ3) is 2.80. The van der Waals surface area contributed by atoms with E-state index in [0.29, 0.717) is 11.5 Å². The van der Waals surface area contributed by atoms with Crippen LogP contribution in [0.15, 0.2) is 10.7 Å². The first-order valence-electron chi connectivity index (χ1n) is 7.07. The fourth-order valence-electron chi connectivity index (χ4n) is 2.50. The van der Waals surface area contributed by atoms with E-state index in [2.05, 4.69) is 51.8 Å². The van der Waals surface area contributed by atoms with Gasteiger partial charge in [-0.15, -0.1) is 0 Å². The van der Waals surface area contributed by atoms with Gasteiger partial charge in [0.15, 0.2) is 0 Å². The molecule has 1 heterocycles. The monoisotopic (exact) mass is 313 g/mol. The average Bonchev–Trinajstić information content (AvgIpc) is 2.99. The van der Waals surface area contributed by atoms with Crippen LogP contribution in [0.5, 0.6) is 0 Å². The zero-order valence-corrected chi connectivity index (χ0v) is 13.3. The largest absolute Gasteiger partial charge is 0.308 e. The molecule has 3 nitrogen and oxygen atoms in total. The lowest BCUT2D eigenvalue weighted by Crippen LogP contribution is -2.31. The normalized spacial score (nSPS) is 18.9. The van der Waals surface area contributed by atoms with E-state index < -0.39 is 0 Å². The Morgan fingerprint density at radius 2 is 2.17 bits per heavy atom. The Morgan fingerprint density at radius 1 is 1.44 bits per heavy atom. The van der Waals surface area contributed by atoms with Gasteiger partial charge in [0.05, 0.1) is 22.4 Å². The highest BCUT2D eigenvalue weighted by Crippen LogP contribution is 2.55. The van der Waals surface area contributed by atoms with Gasteiger partial charge in [-0.05, 0) is 53.6 Å². The minimum atomic E-state index is 0.420. The maximum atomic E-state index is 4.51. The van der Waals surface area contributed by atoms with Crippen molar-refractivity contribution in [2.75, 3.05) is 6.54 Å². The molecule has 0 aliphatic heterocycles. The van der Waals surface area contributed by atoms with Crippen LogP contribution in [-0.4, -0.2) is 16.3 Å². The predicted molar refractivity (Wildman–Crippen MR) is 78.6 cm³/mol. The number of nitrogens with zero attached hydrogens (tertiary/aromatic N) is 2. The summed E-state index contributed by atoms with van der Waals surface area (Å²) in [4.78, 5) is 0. The third-order valence-corrected chi connectivity index (χ3v) is 4.49. The van der Waals surface area contributed by atoms with Gasteiger partial charge >= 0.3 is 0 Å². The topological polar surface area (TPSA) is 29.9 Å². The van der Waals surface area contributed by atoms with Gasteiger partial charge in [0.25, 0.3) is 0 Å². The molecule has 0 aromatic carbocycles. The molecule has 0 saturated heterocycles. The molecule has 102 valence electrons. The van der Waals surface area contributed by atoms with Gasteiger partial charge in [-0.25, -0.2) is 0 Å². The number of halogens is 1. The summed E-state index contributed by atoms with van der Waals surface area (Å²) in [7, 11) is 0. The molecular weight excluding hydrogens is 290 g/mol. The molecule has 1 N–H and O–H groups in total. The van der Waals surface area contributed by atoms with Crippen molar-refractivity contribution in [3.05, 3.63) is 16.4 Å². The molecule has 4 heteroatoms. The lowest BCUT2D eigenvalue weighted by Gasteiger charge is -2.26. The SMILES string of the molecule is CCCNC(c1c(Br)cnn1CCC)C1(C)CC1. The van der Waals surface area contributed by atoms with Crippen LogP contribution in [0.3, 0.4) is 0 Å². The zero-order chi connectivity index (χ0) is 13.2. The molecule has 18 heavy (non-hydrogen) atoms. The molecular formula is C14H24BrN3. The van der Waals surface area contributed by atoms with Crippen LogP contribution in [0, 0.1) is 5.41 Å². The quantitative estimate of drug-likeness (QED) is 0.827. The third-order valence-electron chi connectivity index (χ3n) is 3.88. The fraction of sp³-hybridized carbons (Fsp3) is 0.786. The summed E-state index contributed by atoms with van der Waals surface area (Å²) in [6.45, 7) is 8.88. The Kier molecular flexibility index (Phi) is 4.49. The van der Waals surface area contributed by atoms with Crippen LogP contribution in [0.2, 0.25) is 0 Å². The Labute approximate surface area is 118 Å². The summed E-state index contributed by atoms with van der Waals surface area (Å²) in [5, 5.41) is 8.23. The van der Waals surface area contributed by atoms with Crippen molar-refractivity contribution in [1.29, 1.82) is 0 Å². The van der Waals surface area contributed by atoms with Gasteiger partial charge in [-0.1, -0.05) is 20.8 Å². The van der Waals surface area contributed by atoms with Gasteiger partial charge in [0.2, 0.25) is 0 Å². The van der Waals surface area contributed by atoms with Crippen LogP contribution in [-0.2, 0) is 6.54 Å². The Bertz CT molecular complexity index is 396. The van der Waals surface area contributed by atoms with Crippen molar-refractivity contribution in [3.8, 4) is 0 Å². The second kappa shape index (κ2) is 5.74. The van der Waals surface area contributed by atoms with Crippen LogP contribution < -0.4 is 5.32 Å². The maximum Gasteiger partial charge on any atom is 0.0701 e. The summed E-state index contributed by atoms with van der Waals surface area (Å²) in [5.41, 5.74) is 1.76. The first kappa shape index (κ1) is 14.1. The van der Waals surface area contributed by atoms with Crippen LogP contribution in [0.4, 0.5) is 0 Å². The molecule has 1 aromatic rings. The minimum Gasteiger partial charge on any atom is -0.308 e. The number of aromatic nitrogens is 2. The van der Waals surface area contributed by atoms with E-state index in [1.165, 1.54) is 25.0 Å². The second-order valence-corrected chi connectivity index (χ2v) is 6.50. The zero-order valence-electron chi connectivity index (χ0n) is 11.7. The summed E-state index contributed by atoms with van der Waals surface area (Å²) in [6.07, 6.45) is 6.87. The molecule has 1 aliphatic rings. The summed E-state index contributed by atoms with van der Waals surface area (Å²) in [5.74, 6) is 0. The van der Waals surface area contributed by atoms with E-state index in [-0.39, 0.29) is 0 Å². The van der Waals surface area contributed by atoms with Crippen molar-refractivity contribution >= 4 is 15.9 Å². The van der Waals surface area contributed by atoms with Gasteiger partial charge in [-0.2, -0.15) is 5.10 Å². The summed E-state index contributed by atoms with van der Waals surface area (Å²) in [6, 6.07) is 0.431. The second-order valence-electron chi connectivity index (χ2n) is 5.64. The van der Waals surface area contributed by atoms with Crippen molar-refractivity contribution in [2.24, 2.45) is 5.41 Å². The highest BCUT2D eigenvalue weighted by molar-refractivity contribution is 9.10. The fourth-order valence-corrected chi connectivity index (χ4v) is 3.02. The van der Waals surface area contributed by atoms with Crippen LogP contribution >= 0.6 is 15.9 Å². The van der Waals surface area contributed by atoms with Crippen molar-refractivity contribution in [2.45, 2.75) is 59.0 Å². The van der Waals surface area contributed by atoms with Gasteiger partial charge in [0.1, 0.15) is 0 Å². The van der Waals surface area contributed by atoms with E-state index >= 15 is 0 Å². The maximum absolute atomic E-state index is 4.51.